The fourth-order valence-electron chi connectivity index (χ4n) is 2.90. The van der Waals surface area contributed by atoms with Crippen LogP contribution in [0.3, 0.4) is 0 Å². The molecule has 2 aromatic rings. The van der Waals surface area contributed by atoms with Crippen LogP contribution in [0.5, 0.6) is 17.2 Å². The average molecular weight is 431 g/mol. The molecule has 0 saturated heterocycles. The summed E-state index contributed by atoms with van der Waals surface area (Å²) in [7, 11) is 4.70. The molecule has 0 atom stereocenters. The molecule has 0 bridgehead atoms. The second-order valence-electron chi connectivity index (χ2n) is 6.36. The van der Waals surface area contributed by atoms with E-state index < -0.39 is 4.92 Å². The predicted octanol–water partition coefficient (Wildman–Crippen LogP) is 2.79. The van der Waals surface area contributed by atoms with E-state index in [9.17, 15) is 10.1 Å². The Bertz CT molecular complexity index is 878. The third kappa shape index (κ3) is 6.66. The van der Waals surface area contributed by atoms with Gasteiger partial charge in [0.25, 0.3) is 5.69 Å². The topological polar surface area (TPSA) is 119 Å². The largest absolute Gasteiger partial charge is 0.493 e. The van der Waals surface area contributed by atoms with Crippen LogP contribution in [0.4, 0.5) is 11.4 Å². The highest BCUT2D eigenvalue weighted by Crippen LogP contribution is 2.38. The summed E-state index contributed by atoms with van der Waals surface area (Å²) in [6.07, 6.45) is 0. The summed E-state index contributed by atoms with van der Waals surface area (Å²) in [6.45, 7) is 4.07. The number of anilines is 1. The highest BCUT2D eigenvalue weighted by Gasteiger charge is 2.13. The lowest BCUT2D eigenvalue weighted by Crippen LogP contribution is -2.39. The highest BCUT2D eigenvalue weighted by molar-refractivity contribution is 5.79. The standard InChI is InChI=1S/C21H29N5O5/c1-5-22-21(24-11-10-23-16-8-6-7-9-17(16)26(27)28)25-14-15-12-18(29-2)20(31-4)19(13-15)30-3/h6-9,12-13,23H,5,10-11,14H2,1-4H3,(H2,22,24,25). The van der Waals surface area contributed by atoms with Gasteiger partial charge in [-0.1, -0.05) is 12.1 Å². The van der Waals surface area contributed by atoms with Crippen LogP contribution in [0.2, 0.25) is 0 Å². The lowest BCUT2D eigenvalue weighted by Gasteiger charge is -2.14. The number of ether oxygens (including phenoxy) is 3. The van der Waals surface area contributed by atoms with Gasteiger partial charge in [0.05, 0.1) is 32.8 Å². The molecule has 0 spiro atoms. The van der Waals surface area contributed by atoms with Gasteiger partial charge in [-0.3, -0.25) is 10.1 Å². The zero-order chi connectivity index (χ0) is 22.6. The summed E-state index contributed by atoms with van der Waals surface area (Å²) < 4.78 is 16.1. The van der Waals surface area contributed by atoms with E-state index in [2.05, 4.69) is 20.9 Å². The maximum absolute atomic E-state index is 11.1. The van der Waals surface area contributed by atoms with Gasteiger partial charge in [0.1, 0.15) is 5.69 Å². The molecule has 0 heterocycles. The fraction of sp³-hybridized carbons (Fsp3) is 0.381. The molecule has 0 fully saturated rings. The van der Waals surface area contributed by atoms with E-state index >= 15 is 0 Å². The lowest BCUT2D eigenvalue weighted by atomic mass is 10.2. The van der Waals surface area contributed by atoms with Crippen LogP contribution in [-0.2, 0) is 6.54 Å². The zero-order valence-electron chi connectivity index (χ0n) is 18.2. The summed E-state index contributed by atoms with van der Waals surface area (Å²) in [5.41, 5.74) is 1.42. The number of nitro groups is 1. The van der Waals surface area contributed by atoms with Crippen molar-refractivity contribution in [2.75, 3.05) is 46.3 Å². The number of para-hydroxylation sites is 2. The van der Waals surface area contributed by atoms with Gasteiger partial charge in [-0.15, -0.1) is 0 Å². The van der Waals surface area contributed by atoms with E-state index in [-0.39, 0.29) is 5.69 Å². The molecule has 2 aromatic carbocycles. The van der Waals surface area contributed by atoms with Crippen molar-refractivity contribution < 1.29 is 19.1 Å². The van der Waals surface area contributed by atoms with Gasteiger partial charge in [0, 0.05) is 25.7 Å². The first-order valence-corrected chi connectivity index (χ1v) is 9.82. The number of nitrogens with one attached hydrogen (secondary N) is 3. The zero-order valence-corrected chi connectivity index (χ0v) is 18.2. The minimum Gasteiger partial charge on any atom is -0.493 e. The molecule has 2 rings (SSSR count). The first-order valence-electron chi connectivity index (χ1n) is 9.82. The molecule has 0 aliphatic rings. The third-order valence-electron chi connectivity index (χ3n) is 4.32. The Morgan fingerprint density at radius 1 is 1.03 bits per heavy atom. The SMILES string of the molecule is CCNC(=NCc1cc(OC)c(OC)c(OC)c1)NCCNc1ccccc1[N+](=O)[O-]. The van der Waals surface area contributed by atoms with Crippen LogP contribution in [0.15, 0.2) is 41.4 Å². The van der Waals surface area contributed by atoms with Crippen molar-refractivity contribution in [2.45, 2.75) is 13.5 Å². The second-order valence-corrected chi connectivity index (χ2v) is 6.36. The van der Waals surface area contributed by atoms with Crippen LogP contribution < -0.4 is 30.2 Å². The van der Waals surface area contributed by atoms with E-state index in [4.69, 9.17) is 14.2 Å². The number of guanidine groups is 1. The smallest absolute Gasteiger partial charge is 0.292 e. The Hall–Kier alpha value is -3.69. The van der Waals surface area contributed by atoms with Crippen molar-refractivity contribution in [1.82, 2.24) is 10.6 Å². The van der Waals surface area contributed by atoms with Crippen LogP contribution in [-0.4, -0.2) is 51.8 Å². The van der Waals surface area contributed by atoms with Crippen LogP contribution in [0.1, 0.15) is 12.5 Å². The normalized spacial score (nSPS) is 10.9. The van der Waals surface area contributed by atoms with Gasteiger partial charge >= 0.3 is 0 Å². The molecular formula is C21H29N5O5. The molecule has 0 aromatic heterocycles. The molecule has 168 valence electrons. The molecule has 3 N–H and O–H groups in total. The van der Waals surface area contributed by atoms with Gasteiger partial charge < -0.3 is 30.2 Å². The summed E-state index contributed by atoms with van der Waals surface area (Å²) in [5, 5.41) is 20.6. The number of nitrogens with zero attached hydrogens (tertiary/aromatic N) is 2. The molecule has 0 aliphatic carbocycles. The number of rotatable bonds is 11. The fourth-order valence-corrected chi connectivity index (χ4v) is 2.90. The number of aliphatic imine (C=N–C) groups is 1. The van der Waals surface area contributed by atoms with Crippen LogP contribution in [0.25, 0.3) is 0 Å². The minimum atomic E-state index is -0.404. The van der Waals surface area contributed by atoms with Crippen LogP contribution >= 0.6 is 0 Å². The molecule has 10 heteroatoms. The van der Waals surface area contributed by atoms with Gasteiger partial charge in [0.15, 0.2) is 17.5 Å². The highest BCUT2D eigenvalue weighted by atomic mass is 16.6. The Morgan fingerprint density at radius 3 is 2.29 bits per heavy atom. The van der Waals surface area contributed by atoms with Crippen molar-refractivity contribution in [2.24, 2.45) is 4.99 Å². The quantitative estimate of drug-likeness (QED) is 0.163. The van der Waals surface area contributed by atoms with Gasteiger partial charge in [-0.2, -0.15) is 0 Å². The summed E-state index contributed by atoms with van der Waals surface area (Å²) in [6, 6.07) is 10.3. The van der Waals surface area contributed by atoms with Crippen molar-refractivity contribution >= 4 is 17.3 Å². The number of benzene rings is 2. The molecule has 0 amide bonds. The average Bonchev–Trinajstić information content (AvgIpc) is 2.79. The number of hydrogen-bond acceptors (Lipinski definition) is 7. The number of hydrogen-bond donors (Lipinski definition) is 3. The van der Waals surface area contributed by atoms with E-state index in [1.54, 1.807) is 39.5 Å². The molecule has 0 aliphatic heterocycles. The molecule has 0 unspecified atom stereocenters. The predicted molar refractivity (Wildman–Crippen MR) is 121 cm³/mol. The number of nitro benzene ring substituents is 1. The second kappa shape index (κ2) is 12.1. The lowest BCUT2D eigenvalue weighted by molar-refractivity contribution is -0.384. The Labute approximate surface area is 181 Å². The molecule has 0 radical (unpaired) electrons. The van der Waals surface area contributed by atoms with Crippen molar-refractivity contribution in [3.63, 3.8) is 0 Å². The first kappa shape index (κ1) is 23.6. The maximum atomic E-state index is 11.1. The number of methoxy groups -OCH3 is 3. The monoisotopic (exact) mass is 431 g/mol. The summed E-state index contributed by atoms with van der Waals surface area (Å²) in [4.78, 5) is 15.3. The maximum Gasteiger partial charge on any atom is 0.292 e. The van der Waals surface area contributed by atoms with Crippen molar-refractivity contribution in [3.8, 4) is 17.2 Å². The van der Waals surface area contributed by atoms with Crippen molar-refractivity contribution in [1.29, 1.82) is 0 Å². The van der Waals surface area contributed by atoms with E-state index in [0.717, 1.165) is 5.56 Å². The molecule has 31 heavy (non-hydrogen) atoms. The van der Waals surface area contributed by atoms with Gasteiger partial charge in [0.2, 0.25) is 5.75 Å². The van der Waals surface area contributed by atoms with Gasteiger partial charge in [-0.05, 0) is 30.7 Å². The van der Waals surface area contributed by atoms with Crippen LogP contribution in [0, 0.1) is 10.1 Å². The Kier molecular flexibility index (Phi) is 9.21. The first-order chi connectivity index (χ1) is 15.0. The Morgan fingerprint density at radius 2 is 1.71 bits per heavy atom. The summed E-state index contributed by atoms with van der Waals surface area (Å²) in [5.74, 6) is 2.29. The van der Waals surface area contributed by atoms with E-state index in [0.29, 0.717) is 55.1 Å². The molecule has 10 nitrogen and oxygen atoms in total. The molecule has 0 saturated carbocycles. The van der Waals surface area contributed by atoms with E-state index in [1.807, 2.05) is 19.1 Å². The molecular weight excluding hydrogens is 402 g/mol. The Balaban J connectivity index is 2.00. The minimum absolute atomic E-state index is 0.0467. The van der Waals surface area contributed by atoms with Gasteiger partial charge in [-0.25, -0.2) is 4.99 Å². The summed E-state index contributed by atoms with van der Waals surface area (Å²) >= 11 is 0. The van der Waals surface area contributed by atoms with E-state index in [1.165, 1.54) is 6.07 Å². The van der Waals surface area contributed by atoms with Crippen molar-refractivity contribution in [3.05, 3.63) is 52.1 Å². The third-order valence-corrected chi connectivity index (χ3v) is 4.32.